The fourth-order valence-electron chi connectivity index (χ4n) is 3.36. The molecule has 0 spiro atoms. The summed E-state index contributed by atoms with van der Waals surface area (Å²) in [6, 6.07) is 12.0. The molecule has 0 N–H and O–H groups in total. The van der Waals surface area contributed by atoms with Crippen molar-refractivity contribution in [2.75, 3.05) is 0 Å². The molecule has 0 aliphatic heterocycles. The average Bonchev–Trinajstić information content (AvgIpc) is 3.17. The van der Waals surface area contributed by atoms with E-state index in [9.17, 15) is 4.79 Å². The van der Waals surface area contributed by atoms with Crippen molar-refractivity contribution >= 4 is 28.2 Å². The number of unbranched alkanes of at least 4 members (excludes halogenated alkanes) is 5. The summed E-state index contributed by atoms with van der Waals surface area (Å²) in [4.78, 5) is 12.4. The van der Waals surface area contributed by atoms with Crippen LogP contribution in [-0.2, 0) is 17.8 Å². The highest BCUT2D eigenvalue weighted by Crippen LogP contribution is 2.23. The van der Waals surface area contributed by atoms with Crippen molar-refractivity contribution < 1.29 is 31.1 Å². The normalized spacial score (nSPS) is 10.6. The first-order valence-electron chi connectivity index (χ1n) is 9.91. The highest BCUT2D eigenvalue weighted by molar-refractivity contribution is 7.08. The first kappa shape index (κ1) is 22.6. The molecule has 150 valence electrons. The molecule has 0 radical (unpaired) electrons. The van der Waals surface area contributed by atoms with Crippen LogP contribution < -0.4 is 26.3 Å². The molecule has 28 heavy (non-hydrogen) atoms. The van der Waals surface area contributed by atoms with E-state index < -0.39 is 0 Å². The Hall–Kier alpha value is -1.72. The summed E-state index contributed by atoms with van der Waals surface area (Å²) >= 11 is 1.60. The number of hydrogen-bond donors (Lipinski definition) is 0. The Kier molecular flexibility index (Phi) is 9.65. The van der Waals surface area contributed by atoms with Crippen molar-refractivity contribution in [2.45, 2.75) is 58.4 Å². The Bertz CT molecular complexity index is 859. The first-order valence-corrected chi connectivity index (χ1v) is 10.8. The van der Waals surface area contributed by atoms with Gasteiger partial charge in [-0.15, -0.1) is 0 Å². The number of pyridine rings is 1. The molecule has 0 amide bonds. The number of benzene rings is 1. The van der Waals surface area contributed by atoms with E-state index >= 15 is 0 Å². The number of esters is 1. The topological polar surface area (TPSA) is 30.2 Å². The number of nitrogens with zero attached hydrogens (tertiary/aromatic N) is 1. The number of rotatable bonds is 10. The third-order valence-corrected chi connectivity index (χ3v) is 5.50. The van der Waals surface area contributed by atoms with Crippen LogP contribution in [0.15, 0.2) is 53.4 Å². The van der Waals surface area contributed by atoms with Crippen LogP contribution in [0.25, 0.3) is 10.9 Å². The summed E-state index contributed by atoms with van der Waals surface area (Å²) in [5, 5.41) is 5.07. The van der Waals surface area contributed by atoms with Crippen molar-refractivity contribution in [3.63, 3.8) is 0 Å². The maximum Gasteiger partial charge on any atom is 0.315 e. The lowest BCUT2D eigenvalue weighted by molar-refractivity contribution is -0.672. The number of ether oxygens (including phenoxy) is 1. The predicted molar refractivity (Wildman–Crippen MR) is 111 cm³/mol. The summed E-state index contributed by atoms with van der Waals surface area (Å²) in [5.74, 6) is 0.440. The third-order valence-electron chi connectivity index (χ3n) is 4.76. The molecule has 3 nitrogen and oxygen atoms in total. The fraction of sp³-hybridized carbons (Fsp3) is 0.391. The molecule has 3 aromatic rings. The number of aromatic nitrogens is 1. The molecule has 1 aromatic carbocycles. The van der Waals surface area contributed by atoms with Crippen molar-refractivity contribution in [1.82, 2.24) is 0 Å². The zero-order chi connectivity index (χ0) is 18.9. The molecule has 0 aliphatic rings. The number of hydrogen-bond acceptors (Lipinski definition) is 3. The van der Waals surface area contributed by atoms with Crippen LogP contribution in [-0.4, -0.2) is 5.97 Å². The quantitative estimate of drug-likeness (QED) is 0.201. The lowest BCUT2D eigenvalue weighted by atomic mass is 10.1. The number of aryl methyl sites for hydroxylation is 1. The van der Waals surface area contributed by atoms with Gasteiger partial charge in [0.2, 0.25) is 5.75 Å². The number of carbonyl (C=O) groups excluding carboxylic acids is 1. The standard InChI is InChI=1S/C23H28NO2S.BrH/c1-2-3-4-5-6-7-14-24-15-9-11-20-10-8-12-21(23(20)24)26-22(25)17-19-13-16-27-18-19;/h8-13,15-16,18H,2-7,14,17H2,1H3;1H/q+1;/p-1. The predicted octanol–water partition coefficient (Wildman–Crippen LogP) is 2.70. The third kappa shape index (κ3) is 6.42. The minimum atomic E-state index is -0.212. The second-order valence-corrected chi connectivity index (χ2v) is 7.73. The van der Waals surface area contributed by atoms with Crippen LogP contribution in [0.1, 0.15) is 51.0 Å². The van der Waals surface area contributed by atoms with Crippen LogP contribution in [0.2, 0.25) is 0 Å². The molecule has 0 atom stereocenters. The van der Waals surface area contributed by atoms with E-state index in [2.05, 4.69) is 35.9 Å². The Labute approximate surface area is 182 Å². The van der Waals surface area contributed by atoms with Crippen molar-refractivity contribution in [3.8, 4) is 5.75 Å². The van der Waals surface area contributed by atoms with Gasteiger partial charge >= 0.3 is 5.97 Å². The van der Waals surface area contributed by atoms with Gasteiger partial charge in [-0.1, -0.05) is 38.7 Å². The summed E-state index contributed by atoms with van der Waals surface area (Å²) in [5.41, 5.74) is 2.01. The molecule has 5 heteroatoms. The summed E-state index contributed by atoms with van der Waals surface area (Å²) in [7, 11) is 0. The zero-order valence-electron chi connectivity index (χ0n) is 16.4. The highest BCUT2D eigenvalue weighted by atomic mass is 79.9. The van der Waals surface area contributed by atoms with Crippen LogP contribution in [0.4, 0.5) is 0 Å². The van der Waals surface area contributed by atoms with Gasteiger partial charge in [-0.3, -0.25) is 4.79 Å². The Morgan fingerprint density at radius 1 is 1.04 bits per heavy atom. The van der Waals surface area contributed by atoms with E-state index in [0.29, 0.717) is 12.2 Å². The molecule has 0 unspecified atom stereocenters. The second-order valence-electron chi connectivity index (χ2n) is 6.95. The minimum Gasteiger partial charge on any atom is -1.00 e. The molecule has 0 saturated heterocycles. The van der Waals surface area contributed by atoms with Crippen molar-refractivity contribution in [2.24, 2.45) is 0 Å². The van der Waals surface area contributed by atoms with Gasteiger partial charge < -0.3 is 21.7 Å². The van der Waals surface area contributed by atoms with Crippen molar-refractivity contribution in [3.05, 3.63) is 58.9 Å². The van der Waals surface area contributed by atoms with E-state index in [1.54, 1.807) is 11.3 Å². The Morgan fingerprint density at radius 2 is 1.82 bits per heavy atom. The van der Waals surface area contributed by atoms with Crippen molar-refractivity contribution in [1.29, 1.82) is 0 Å². The number of fused-ring (bicyclic) bond motifs is 1. The maximum atomic E-state index is 12.4. The smallest absolute Gasteiger partial charge is 0.315 e. The first-order chi connectivity index (χ1) is 13.3. The van der Waals surface area contributed by atoms with Gasteiger partial charge in [0, 0.05) is 12.5 Å². The lowest BCUT2D eigenvalue weighted by Crippen LogP contribution is -3.00. The van der Waals surface area contributed by atoms with Gasteiger partial charge in [-0.25, -0.2) is 0 Å². The van der Waals surface area contributed by atoms with E-state index in [1.807, 2.05) is 29.0 Å². The van der Waals surface area contributed by atoms with Crippen LogP contribution in [0.3, 0.4) is 0 Å². The molecule has 0 aliphatic carbocycles. The molecular formula is C23H28BrNO2S. The highest BCUT2D eigenvalue weighted by Gasteiger charge is 2.17. The summed E-state index contributed by atoms with van der Waals surface area (Å²) in [6.07, 6.45) is 10.00. The van der Waals surface area contributed by atoms with E-state index in [-0.39, 0.29) is 23.0 Å². The molecule has 2 heterocycles. The second kappa shape index (κ2) is 12.0. The van der Waals surface area contributed by atoms with Crippen LogP contribution in [0, 0.1) is 0 Å². The van der Waals surface area contributed by atoms with Gasteiger partial charge in [0.05, 0.1) is 11.8 Å². The number of halogens is 1. The van der Waals surface area contributed by atoms with Gasteiger partial charge in [-0.05, 0) is 47.0 Å². The average molecular weight is 462 g/mol. The monoisotopic (exact) mass is 461 g/mol. The largest absolute Gasteiger partial charge is 1.00 e. The number of para-hydroxylation sites is 1. The molecule has 3 rings (SSSR count). The zero-order valence-corrected chi connectivity index (χ0v) is 18.8. The maximum absolute atomic E-state index is 12.4. The summed E-state index contributed by atoms with van der Waals surface area (Å²) in [6.45, 7) is 3.19. The Balaban J connectivity index is 0.00000280. The summed E-state index contributed by atoms with van der Waals surface area (Å²) < 4.78 is 7.97. The molecular weight excluding hydrogens is 434 g/mol. The van der Waals surface area contributed by atoms with Gasteiger partial charge in [0.1, 0.15) is 6.54 Å². The molecule has 0 bridgehead atoms. The molecule has 0 saturated carbocycles. The fourth-order valence-corrected chi connectivity index (χ4v) is 4.02. The van der Waals surface area contributed by atoms with Gasteiger partial charge in [-0.2, -0.15) is 15.9 Å². The Morgan fingerprint density at radius 3 is 2.61 bits per heavy atom. The SMILES string of the molecule is CCCCCCCC[n+]1cccc2cccc(OC(=O)Cc3ccsc3)c21.[Br-]. The molecule has 2 aromatic heterocycles. The van der Waals surface area contributed by atoms with Gasteiger partial charge in [0.15, 0.2) is 6.20 Å². The van der Waals surface area contributed by atoms with E-state index in [4.69, 9.17) is 4.74 Å². The van der Waals surface area contributed by atoms with E-state index in [0.717, 1.165) is 29.4 Å². The number of carbonyl (C=O) groups is 1. The van der Waals surface area contributed by atoms with Crippen LogP contribution in [0.5, 0.6) is 5.75 Å². The minimum absolute atomic E-state index is 0. The van der Waals surface area contributed by atoms with Crippen LogP contribution >= 0.6 is 11.3 Å². The van der Waals surface area contributed by atoms with E-state index in [1.165, 1.54) is 32.1 Å². The number of thiophene rings is 1. The van der Waals surface area contributed by atoms with Gasteiger partial charge in [0.25, 0.3) is 5.52 Å². The lowest BCUT2D eigenvalue weighted by Gasteiger charge is -2.07. The molecule has 0 fully saturated rings.